The number of rotatable bonds is 5. The maximum absolute atomic E-state index is 4.29. The van der Waals surface area contributed by atoms with Crippen molar-refractivity contribution in [2.24, 2.45) is 0 Å². The van der Waals surface area contributed by atoms with E-state index in [1.165, 1.54) is 27.8 Å². The van der Waals surface area contributed by atoms with Crippen molar-refractivity contribution in [3.8, 4) is 11.1 Å². The number of benzene rings is 3. The topological polar surface area (TPSA) is 16.1 Å². The highest BCUT2D eigenvalue weighted by molar-refractivity contribution is 5.63. The van der Waals surface area contributed by atoms with Crippen LogP contribution in [0.25, 0.3) is 11.1 Å². The molecule has 148 valence electrons. The Kier molecular flexibility index (Phi) is 5.41. The van der Waals surface area contributed by atoms with E-state index < -0.39 is 0 Å². The van der Waals surface area contributed by atoms with Gasteiger partial charge in [0, 0.05) is 43.9 Å². The maximum Gasteiger partial charge on any atom is 0.0312 e. The zero-order valence-electron chi connectivity index (χ0n) is 17.1. The molecule has 4 aromatic rings. The molecule has 0 bridgehead atoms. The van der Waals surface area contributed by atoms with Gasteiger partial charge in [-0.2, -0.15) is 0 Å². The van der Waals surface area contributed by atoms with Crippen molar-refractivity contribution in [1.29, 1.82) is 0 Å². The van der Waals surface area contributed by atoms with Crippen molar-refractivity contribution in [3.05, 3.63) is 126 Å². The summed E-state index contributed by atoms with van der Waals surface area (Å²) in [6.07, 6.45) is 3.83. The fourth-order valence-corrected chi connectivity index (χ4v) is 4.69. The minimum Gasteiger partial charge on any atom is -0.298 e. The Morgan fingerprint density at radius 1 is 0.633 bits per heavy atom. The molecule has 0 radical (unpaired) electrons. The normalized spacial score (nSPS) is 19.1. The largest absolute Gasteiger partial charge is 0.298 e. The van der Waals surface area contributed by atoms with Crippen molar-refractivity contribution in [2.45, 2.75) is 18.4 Å². The molecule has 5 rings (SSSR count). The Bertz CT molecular complexity index is 1060. The molecule has 30 heavy (non-hydrogen) atoms. The summed E-state index contributed by atoms with van der Waals surface area (Å²) in [5.41, 5.74) is 6.69. The van der Waals surface area contributed by atoms with Crippen LogP contribution < -0.4 is 0 Å². The number of nitrogens with zero attached hydrogens (tertiary/aromatic N) is 2. The molecule has 1 fully saturated rings. The number of aromatic nitrogens is 1. The molecule has 3 aromatic carbocycles. The van der Waals surface area contributed by atoms with Crippen molar-refractivity contribution in [3.63, 3.8) is 0 Å². The van der Waals surface area contributed by atoms with Gasteiger partial charge in [-0.05, 0) is 33.9 Å². The summed E-state index contributed by atoms with van der Waals surface area (Å²) in [5, 5.41) is 0. The molecule has 0 amide bonds. The van der Waals surface area contributed by atoms with Gasteiger partial charge in [0.1, 0.15) is 0 Å². The second-order valence-corrected chi connectivity index (χ2v) is 8.17. The number of likely N-dealkylation sites (tertiary alicyclic amines) is 1. The highest BCUT2D eigenvalue weighted by Gasteiger charge is 2.34. The van der Waals surface area contributed by atoms with Crippen LogP contribution in [-0.2, 0) is 6.54 Å². The van der Waals surface area contributed by atoms with Crippen LogP contribution in [-0.4, -0.2) is 23.0 Å². The van der Waals surface area contributed by atoms with Gasteiger partial charge < -0.3 is 0 Å². The summed E-state index contributed by atoms with van der Waals surface area (Å²) < 4.78 is 0. The predicted molar refractivity (Wildman–Crippen MR) is 123 cm³/mol. The molecule has 2 nitrogen and oxygen atoms in total. The fraction of sp³-hybridized carbons (Fsp3) is 0.179. The van der Waals surface area contributed by atoms with E-state index in [2.05, 4.69) is 101 Å². The minimum atomic E-state index is 0.494. The third-order valence-electron chi connectivity index (χ3n) is 6.20. The highest BCUT2D eigenvalue weighted by Crippen LogP contribution is 2.40. The monoisotopic (exact) mass is 390 g/mol. The smallest absolute Gasteiger partial charge is 0.0312 e. The maximum atomic E-state index is 4.29. The first-order valence-electron chi connectivity index (χ1n) is 10.7. The third kappa shape index (κ3) is 4.05. The van der Waals surface area contributed by atoms with Crippen molar-refractivity contribution < 1.29 is 0 Å². The number of hydrogen-bond acceptors (Lipinski definition) is 2. The Labute approximate surface area is 178 Å². The Morgan fingerprint density at radius 3 is 1.87 bits per heavy atom. The van der Waals surface area contributed by atoms with Gasteiger partial charge in [0.05, 0.1) is 0 Å². The molecule has 0 N–H and O–H groups in total. The van der Waals surface area contributed by atoms with E-state index in [9.17, 15) is 0 Å². The van der Waals surface area contributed by atoms with Crippen LogP contribution in [0.5, 0.6) is 0 Å². The molecule has 2 heterocycles. The van der Waals surface area contributed by atoms with Crippen molar-refractivity contribution in [2.75, 3.05) is 13.1 Å². The van der Waals surface area contributed by atoms with E-state index in [1.54, 1.807) is 0 Å². The molecule has 1 aromatic heterocycles. The zero-order valence-corrected chi connectivity index (χ0v) is 17.1. The summed E-state index contributed by atoms with van der Waals surface area (Å²) >= 11 is 0. The third-order valence-corrected chi connectivity index (χ3v) is 6.20. The van der Waals surface area contributed by atoms with E-state index >= 15 is 0 Å². The van der Waals surface area contributed by atoms with Crippen molar-refractivity contribution >= 4 is 0 Å². The average Bonchev–Trinajstić information content (AvgIpc) is 3.25. The molecule has 1 aliphatic rings. The summed E-state index contributed by atoms with van der Waals surface area (Å²) in [4.78, 5) is 6.87. The molecule has 0 saturated carbocycles. The average molecular weight is 391 g/mol. The second-order valence-electron chi connectivity index (χ2n) is 8.17. The summed E-state index contributed by atoms with van der Waals surface area (Å²) in [5.74, 6) is 0.999. The van der Waals surface area contributed by atoms with E-state index in [4.69, 9.17) is 0 Å². The van der Waals surface area contributed by atoms with Crippen LogP contribution in [0.4, 0.5) is 0 Å². The summed E-state index contributed by atoms with van der Waals surface area (Å²) in [6, 6.07) is 35.0. The standard InChI is InChI=1S/C28H26N2/c1-3-9-23(10-4-1)24-13-15-26(16-14-24)28-21-30(19-22-8-7-17-29-18-22)20-27(28)25-11-5-2-6-12-25/h1-18,27-28H,19-21H2/t27-,28+/m1/s1. The molecular weight excluding hydrogens is 364 g/mol. The lowest BCUT2D eigenvalue weighted by molar-refractivity contribution is 0.323. The summed E-state index contributed by atoms with van der Waals surface area (Å²) in [7, 11) is 0. The van der Waals surface area contributed by atoms with Gasteiger partial charge in [-0.25, -0.2) is 0 Å². The van der Waals surface area contributed by atoms with Gasteiger partial charge in [0.2, 0.25) is 0 Å². The molecule has 2 heteroatoms. The van der Waals surface area contributed by atoms with Crippen LogP contribution in [0.2, 0.25) is 0 Å². The lowest BCUT2D eigenvalue weighted by Crippen LogP contribution is -2.20. The molecule has 0 aliphatic carbocycles. The molecule has 2 atom stereocenters. The predicted octanol–water partition coefficient (Wildman–Crippen LogP) is 6.13. The van der Waals surface area contributed by atoms with Gasteiger partial charge >= 0.3 is 0 Å². The Morgan fingerprint density at radius 2 is 1.23 bits per heavy atom. The van der Waals surface area contributed by atoms with Gasteiger partial charge in [-0.15, -0.1) is 0 Å². The highest BCUT2D eigenvalue weighted by atomic mass is 15.2. The molecular formula is C28H26N2. The van der Waals surface area contributed by atoms with Crippen LogP contribution in [0.3, 0.4) is 0 Å². The SMILES string of the molecule is c1ccc(-c2ccc([C@@H]3CN(Cc4cccnc4)C[C@@H]3c3ccccc3)cc2)cc1. The van der Waals surface area contributed by atoms with E-state index in [0.29, 0.717) is 11.8 Å². The number of pyridine rings is 1. The van der Waals surface area contributed by atoms with Gasteiger partial charge in [0.25, 0.3) is 0 Å². The Hall–Kier alpha value is -3.23. The quantitative estimate of drug-likeness (QED) is 0.407. The van der Waals surface area contributed by atoms with E-state index in [0.717, 1.165) is 19.6 Å². The lowest BCUT2D eigenvalue weighted by Gasteiger charge is -2.19. The van der Waals surface area contributed by atoms with Crippen LogP contribution >= 0.6 is 0 Å². The van der Waals surface area contributed by atoms with Gasteiger partial charge in [-0.3, -0.25) is 9.88 Å². The van der Waals surface area contributed by atoms with Crippen LogP contribution in [0, 0.1) is 0 Å². The lowest BCUT2D eigenvalue weighted by atomic mass is 9.84. The van der Waals surface area contributed by atoms with Gasteiger partial charge in [-0.1, -0.05) is 91.0 Å². The van der Waals surface area contributed by atoms with Gasteiger partial charge in [0.15, 0.2) is 0 Å². The number of hydrogen-bond donors (Lipinski definition) is 0. The first-order chi connectivity index (χ1) is 14.9. The van der Waals surface area contributed by atoms with Crippen molar-refractivity contribution in [1.82, 2.24) is 9.88 Å². The van der Waals surface area contributed by atoms with Crippen LogP contribution in [0.1, 0.15) is 28.5 Å². The Balaban J connectivity index is 1.42. The molecule has 0 unspecified atom stereocenters. The zero-order chi connectivity index (χ0) is 20.2. The van der Waals surface area contributed by atoms with E-state index in [-0.39, 0.29) is 0 Å². The van der Waals surface area contributed by atoms with E-state index in [1.807, 2.05) is 18.5 Å². The van der Waals surface area contributed by atoms with Crippen LogP contribution in [0.15, 0.2) is 109 Å². The molecule has 0 spiro atoms. The summed E-state index contributed by atoms with van der Waals surface area (Å²) in [6.45, 7) is 3.10. The minimum absolute atomic E-state index is 0.494. The molecule has 1 saturated heterocycles. The first-order valence-corrected chi connectivity index (χ1v) is 10.7. The fourth-order valence-electron chi connectivity index (χ4n) is 4.69. The second kappa shape index (κ2) is 8.64. The molecule has 1 aliphatic heterocycles. The first kappa shape index (κ1) is 18.8.